The van der Waals surface area contributed by atoms with Crippen LogP contribution in [-0.4, -0.2) is 7.05 Å². The van der Waals surface area contributed by atoms with E-state index in [1.165, 1.54) is 16.7 Å². The molecule has 0 aromatic heterocycles. The highest BCUT2D eigenvalue weighted by molar-refractivity contribution is 5.66. The van der Waals surface area contributed by atoms with Gasteiger partial charge in [0.15, 0.2) is 5.75 Å². The first-order valence-corrected chi connectivity index (χ1v) is 10.0. The van der Waals surface area contributed by atoms with Crippen LogP contribution in [-0.2, 0) is 11.8 Å². The van der Waals surface area contributed by atoms with Gasteiger partial charge in [0.25, 0.3) is 0 Å². The average Bonchev–Trinajstić information content (AvgIpc) is 3.04. The van der Waals surface area contributed by atoms with Crippen molar-refractivity contribution in [1.82, 2.24) is 0 Å². The average molecular weight is 382 g/mol. The predicted molar refractivity (Wildman–Crippen MR) is 121 cm³/mol. The van der Waals surface area contributed by atoms with Crippen LogP contribution in [0.4, 0.5) is 5.69 Å². The molecule has 0 fully saturated rings. The van der Waals surface area contributed by atoms with Gasteiger partial charge in [-0.05, 0) is 47.7 Å². The minimum Gasteiger partial charge on any atom is -0.439 e. The Kier molecular flexibility index (Phi) is 5.02. The number of nitrogens with zero attached hydrogens (tertiary/aromatic N) is 1. The van der Waals surface area contributed by atoms with Crippen molar-refractivity contribution in [3.05, 3.63) is 120 Å². The fourth-order valence-electron chi connectivity index (χ4n) is 4.13. The Morgan fingerprint density at radius 3 is 2.34 bits per heavy atom. The molecule has 1 unspecified atom stereocenters. The maximum absolute atomic E-state index is 6.13. The van der Waals surface area contributed by atoms with Gasteiger partial charge in [0.1, 0.15) is 0 Å². The number of aryl methyl sites for hydroxylation is 1. The van der Waals surface area contributed by atoms with Crippen LogP contribution in [0, 0.1) is 6.92 Å². The summed E-state index contributed by atoms with van der Waals surface area (Å²) in [6.45, 7) is 8.97. The van der Waals surface area contributed by atoms with Crippen LogP contribution in [0.1, 0.15) is 23.6 Å². The van der Waals surface area contributed by atoms with E-state index in [0.29, 0.717) is 0 Å². The predicted octanol–water partition coefficient (Wildman–Crippen LogP) is 6.42. The summed E-state index contributed by atoms with van der Waals surface area (Å²) in [7, 11) is 2.03. The van der Waals surface area contributed by atoms with Gasteiger partial charge in [0, 0.05) is 18.5 Å². The van der Waals surface area contributed by atoms with Gasteiger partial charge in [-0.25, -0.2) is 0 Å². The van der Waals surface area contributed by atoms with Gasteiger partial charge in [-0.3, -0.25) is 0 Å². The van der Waals surface area contributed by atoms with Crippen LogP contribution in [0.25, 0.3) is 0 Å². The van der Waals surface area contributed by atoms with Crippen LogP contribution >= 0.6 is 0 Å². The zero-order valence-electron chi connectivity index (χ0n) is 17.4. The molecule has 146 valence electrons. The maximum atomic E-state index is 6.13. The van der Waals surface area contributed by atoms with Crippen molar-refractivity contribution in [2.24, 2.45) is 0 Å². The zero-order valence-corrected chi connectivity index (χ0v) is 17.4. The molecule has 1 aliphatic rings. The summed E-state index contributed by atoms with van der Waals surface area (Å²) >= 11 is 0. The molecule has 0 bridgehead atoms. The highest BCUT2D eigenvalue weighted by Gasteiger charge is 2.32. The van der Waals surface area contributed by atoms with E-state index in [2.05, 4.69) is 92.1 Å². The van der Waals surface area contributed by atoms with E-state index in [9.17, 15) is 0 Å². The van der Waals surface area contributed by atoms with Gasteiger partial charge in [-0.1, -0.05) is 80.2 Å². The Balaban J connectivity index is 1.74. The minimum absolute atomic E-state index is 0.251. The molecule has 0 N–H and O–H groups in total. The van der Waals surface area contributed by atoms with Crippen molar-refractivity contribution in [3.8, 4) is 5.75 Å². The van der Waals surface area contributed by atoms with E-state index in [-0.39, 0.29) is 5.41 Å². The molecule has 29 heavy (non-hydrogen) atoms. The number of benzene rings is 3. The number of para-hydroxylation sites is 2. The van der Waals surface area contributed by atoms with Crippen molar-refractivity contribution >= 4 is 5.69 Å². The van der Waals surface area contributed by atoms with Crippen LogP contribution in [0.3, 0.4) is 0 Å². The lowest BCUT2D eigenvalue weighted by atomic mass is 9.70. The van der Waals surface area contributed by atoms with Crippen molar-refractivity contribution in [3.63, 3.8) is 0 Å². The third-order valence-corrected chi connectivity index (χ3v) is 5.92. The molecular formula is C27H27NO. The summed E-state index contributed by atoms with van der Waals surface area (Å²) < 4.78 is 6.13. The summed E-state index contributed by atoms with van der Waals surface area (Å²) in [5.41, 5.74) is 5.72. The zero-order chi connectivity index (χ0) is 20.4. The Hall–Kier alpha value is -3.26. The fourth-order valence-corrected chi connectivity index (χ4v) is 4.13. The van der Waals surface area contributed by atoms with Gasteiger partial charge < -0.3 is 9.64 Å². The largest absolute Gasteiger partial charge is 0.439 e. The molecule has 3 aromatic carbocycles. The quantitative estimate of drug-likeness (QED) is 0.505. The minimum atomic E-state index is -0.251. The second-order valence-corrected chi connectivity index (χ2v) is 7.95. The lowest BCUT2D eigenvalue weighted by Gasteiger charge is -2.33. The van der Waals surface area contributed by atoms with Crippen LogP contribution in [0.2, 0.25) is 0 Å². The summed E-state index contributed by atoms with van der Waals surface area (Å²) in [6.07, 6.45) is 2.97. The summed E-state index contributed by atoms with van der Waals surface area (Å²) in [4.78, 5) is 2.08. The topological polar surface area (TPSA) is 12.5 Å². The number of anilines is 1. The number of hydrogen-bond donors (Lipinski definition) is 0. The molecule has 3 aromatic rings. The highest BCUT2D eigenvalue weighted by Crippen LogP contribution is 2.41. The van der Waals surface area contributed by atoms with Gasteiger partial charge in [0.2, 0.25) is 5.88 Å². The molecule has 0 amide bonds. The van der Waals surface area contributed by atoms with Gasteiger partial charge in [-0.2, -0.15) is 0 Å². The van der Waals surface area contributed by atoms with Gasteiger partial charge in [-0.15, -0.1) is 0 Å². The van der Waals surface area contributed by atoms with Crippen molar-refractivity contribution < 1.29 is 4.74 Å². The summed E-state index contributed by atoms with van der Waals surface area (Å²) in [5, 5.41) is 0. The summed E-state index contributed by atoms with van der Waals surface area (Å²) in [5.74, 6) is 1.69. The Morgan fingerprint density at radius 2 is 1.62 bits per heavy atom. The van der Waals surface area contributed by atoms with Crippen molar-refractivity contribution in [1.29, 1.82) is 0 Å². The maximum Gasteiger partial charge on any atom is 0.200 e. The third kappa shape index (κ3) is 3.58. The number of fused-ring (bicyclic) bond motifs is 1. The van der Waals surface area contributed by atoms with E-state index in [4.69, 9.17) is 4.74 Å². The Bertz CT molecular complexity index is 1070. The van der Waals surface area contributed by atoms with Crippen molar-refractivity contribution in [2.45, 2.75) is 25.7 Å². The molecular weight excluding hydrogens is 354 g/mol. The standard InChI is InChI=1S/C27H27NO/c1-20-12-8-9-15-23(20)27(3,19-22-13-6-5-7-14-22)21(2)18-26-28(4)24-16-10-11-17-25(24)29-26/h5-18H,2,19H2,1,3-4H3/b26-18-. The lowest BCUT2D eigenvalue weighted by Crippen LogP contribution is -2.28. The number of ether oxygens (including phenoxy) is 1. The van der Waals surface area contributed by atoms with Crippen molar-refractivity contribution in [2.75, 3.05) is 11.9 Å². The van der Waals surface area contributed by atoms with Gasteiger partial charge >= 0.3 is 0 Å². The normalized spacial score (nSPS) is 16.2. The molecule has 0 saturated carbocycles. The molecule has 4 rings (SSSR count). The second kappa shape index (κ2) is 7.63. The molecule has 0 spiro atoms. The Morgan fingerprint density at radius 1 is 0.966 bits per heavy atom. The second-order valence-electron chi connectivity index (χ2n) is 7.95. The third-order valence-electron chi connectivity index (χ3n) is 5.92. The van der Waals surface area contributed by atoms with Crippen LogP contribution < -0.4 is 9.64 Å². The molecule has 0 aliphatic carbocycles. The number of allylic oxidation sites excluding steroid dienone is 2. The molecule has 0 saturated heterocycles. The van der Waals surface area contributed by atoms with E-state index < -0.39 is 0 Å². The molecule has 2 heteroatoms. The first-order valence-electron chi connectivity index (χ1n) is 10.0. The number of rotatable bonds is 5. The lowest BCUT2D eigenvalue weighted by molar-refractivity contribution is 0.440. The molecule has 1 aliphatic heterocycles. The highest BCUT2D eigenvalue weighted by atomic mass is 16.5. The molecule has 1 heterocycles. The van der Waals surface area contributed by atoms with E-state index >= 15 is 0 Å². The monoisotopic (exact) mass is 381 g/mol. The van der Waals surface area contributed by atoms with E-state index in [1.54, 1.807) is 0 Å². The first-order chi connectivity index (χ1) is 14.0. The van der Waals surface area contributed by atoms with Crippen LogP contribution in [0.15, 0.2) is 103 Å². The van der Waals surface area contributed by atoms with Crippen LogP contribution in [0.5, 0.6) is 5.75 Å². The summed E-state index contributed by atoms with van der Waals surface area (Å²) in [6, 6.07) is 27.3. The number of hydrogen-bond acceptors (Lipinski definition) is 2. The Labute approximate surface area is 173 Å². The SMILES string of the molecule is C=C(/C=C1\Oc2ccccc2N1C)C(C)(Cc1ccccc1)c1ccccc1C. The molecule has 2 nitrogen and oxygen atoms in total. The van der Waals surface area contributed by atoms with Gasteiger partial charge in [0.05, 0.1) is 5.69 Å². The smallest absolute Gasteiger partial charge is 0.200 e. The van der Waals surface area contributed by atoms with E-state index in [0.717, 1.165) is 29.3 Å². The molecule has 1 atom stereocenters. The fraction of sp³-hybridized carbons (Fsp3) is 0.185. The molecule has 0 radical (unpaired) electrons. The van der Waals surface area contributed by atoms with E-state index in [1.807, 2.05) is 25.2 Å². The first kappa shape index (κ1) is 19.1.